The molecule has 0 spiro atoms. The molecule has 0 aromatic heterocycles. The molecule has 1 N–H and O–H groups in total. The van der Waals surface area contributed by atoms with Crippen molar-refractivity contribution in [3.63, 3.8) is 0 Å². The molecule has 1 aliphatic rings. The number of hydrogen-bond acceptors (Lipinski definition) is 7. The average Bonchev–Trinajstić information content (AvgIpc) is 3.18. The Labute approximate surface area is 208 Å². The van der Waals surface area contributed by atoms with Crippen molar-refractivity contribution in [3.05, 3.63) is 46.2 Å². The number of fused-ring (bicyclic) bond motifs is 1. The molecule has 35 heavy (non-hydrogen) atoms. The summed E-state index contributed by atoms with van der Waals surface area (Å²) in [6.45, 7) is 8.53. The summed E-state index contributed by atoms with van der Waals surface area (Å²) >= 11 is 0. The molecule has 0 aliphatic carbocycles. The number of phenolic OH excluding ortho intramolecular Hbond substituents is 1. The molecule has 0 saturated carbocycles. The Balaban J connectivity index is 2.02. The van der Waals surface area contributed by atoms with E-state index >= 15 is 0 Å². The van der Waals surface area contributed by atoms with E-state index in [-0.39, 0.29) is 17.3 Å². The Morgan fingerprint density at radius 1 is 0.943 bits per heavy atom. The van der Waals surface area contributed by atoms with Gasteiger partial charge < -0.3 is 24.1 Å². The molecular formula is C28H37NO6. The zero-order valence-corrected chi connectivity index (χ0v) is 21.7. The van der Waals surface area contributed by atoms with Gasteiger partial charge in [0.2, 0.25) is 5.78 Å². The maximum atomic E-state index is 13.4. The second-order valence-corrected chi connectivity index (χ2v) is 8.77. The van der Waals surface area contributed by atoms with Crippen molar-refractivity contribution in [2.75, 3.05) is 34.4 Å². The highest BCUT2D eigenvalue weighted by Gasteiger charge is 2.34. The number of aromatic hydroxyl groups is 1. The van der Waals surface area contributed by atoms with Crippen molar-refractivity contribution < 1.29 is 28.8 Å². The topological polar surface area (TPSA) is 77.5 Å². The minimum atomic E-state index is -0.218. The molecule has 3 rings (SSSR count). The van der Waals surface area contributed by atoms with Gasteiger partial charge in [-0.2, -0.15) is 0 Å². The van der Waals surface area contributed by atoms with E-state index in [1.807, 2.05) is 6.92 Å². The van der Waals surface area contributed by atoms with Crippen LogP contribution in [-0.2, 0) is 6.54 Å². The van der Waals surface area contributed by atoms with Crippen LogP contribution in [0.25, 0.3) is 6.08 Å². The smallest absolute Gasteiger partial charge is 0.232 e. The fourth-order valence-electron chi connectivity index (χ4n) is 4.30. The Kier molecular flexibility index (Phi) is 9.04. The first-order chi connectivity index (χ1) is 16.9. The normalized spacial score (nSPS) is 13.8. The van der Waals surface area contributed by atoms with Gasteiger partial charge in [-0.05, 0) is 56.6 Å². The molecule has 7 heteroatoms. The SMILES string of the molecule is CCCCN(CCCC)Cc1c(O)cc(C)c2c1O/C(=C/c1cc(OC)c(OC)cc1OC)C2=O. The van der Waals surface area contributed by atoms with Gasteiger partial charge in [0.1, 0.15) is 17.2 Å². The first-order valence-electron chi connectivity index (χ1n) is 12.2. The predicted molar refractivity (Wildman–Crippen MR) is 137 cm³/mol. The minimum Gasteiger partial charge on any atom is -0.507 e. The number of rotatable bonds is 12. The summed E-state index contributed by atoms with van der Waals surface area (Å²) in [6, 6.07) is 5.11. The lowest BCUT2D eigenvalue weighted by Crippen LogP contribution is -2.26. The van der Waals surface area contributed by atoms with Gasteiger partial charge in [0.25, 0.3) is 0 Å². The number of Topliss-reactive ketones (excluding diaryl/α,β-unsaturated/α-hetero) is 1. The Bertz CT molecular complexity index is 1080. The van der Waals surface area contributed by atoms with Gasteiger partial charge in [0, 0.05) is 18.2 Å². The second-order valence-electron chi connectivity index (χ2n) is 8.77. The van der Waals surface area contributed by atoms with Crippen LogP contribution in [0.15, 0.2) is 24.0 Å². The van der Waals surface area contributed by atoms with Gasteiger partial charge in [0.15, 0.2) is 17.3 Å². The molecule has 0 unspecified atom stereocenters. The number of unbranched alkanes of at least 4 members (excludes halogenated alkanes) is 2. The lowest BCUT2D eigenvalue weighted by Gasteiger charge is -2.23. The van der Waals surface area contributed by atoms with E-state index in [0.717, 1.165) is 38.8 Å². The van der Waals surface area contributed by atoms with Crippen LogP contribution in [0.1, 0.15) is 66.6 Å². The largest absolute Gasteiger partial charge is 0.507 e. The Morgan fingerprint density at radius 2 is 1.54 bits per heavy atom. The van der Waals surface area contributed by atoms with Crippen molar-refractivity contribution in [3.8, 4) is 28.7 Å². The van der Waals surface area contributed by atoms with Crippen LogP contribution in [-0.4, -0.2) is 50.2 Å². The van der Waals surface area contributed by atoms with Gasteiger partial charge >= 0.3 is 0 Å². The molecule has 1 heterocycles. The van der Waals surface area contributed by atoms with E-state index in [4.69, 9.17) is 18.9 Å². The molecule has 0 amide bonds. The summed E-state index contributed by atoms with van der Waals surface area (Å²) in [6.07, 6.45) is 5.98. The maximum absolute atomic E-state index is 13.4. The van der Waals surface area contributed by atoms with Gasteiger partial charge in [-0.15, -0.1) is 0 Å². The van der Waals surface area contributed by atoms with Crippen molar-refractivity contribution in [1.82, 2.24) is 4.90 Å². The number of phenols is 1. The lowest BCUT2D eigenvalue weighted by molar-refractivity contribution is 0.101. The van der Waals surface area contributed by atoms with Crippen molar-refractivity contribution in [2.45, 2.75) is 53.0 Å². The van der Waals surface area contributed by atoms with E-state index in [2.05, 4.69) is 18.7 Å². The van der Waals surface area contributed by atoms with Gasteiger partial charge in [-0.1, -0.05) is 26.7 Å². The van der Waals surface area contributed by atoms with Gasteiger partial charge in [0.05, 0.1) is 32.5 Å². The van der Waals surface area contributed by atoms with Crippen LogP contribution in [0, 0.1) is 6.92 Å². The van der Waals surface area contributed by atoms with E-state index in [9.17, 15) is 9.90 Å². The van der Waals surface area contributed by atoms with Crippen LogP contribution in [0.2, 0.25) is 0 Å². The average molecular weight is 484 g/mol. The number of methoxy groups -OCH3 is 3. The van der Waals surface area contributed by atoms with Crippen molar-refractivity contribution in [1.29, 1.82) is 0 Å². The lowest BCUT2D eigenvalue weighted by atomic mass is 9.99. The van der Waals surface area contributed by atoms with Gasteiger partial charge in [-0.25, -0.2) is 0 Å². The van der Waals surface area contributed by atoms with E-state index < -0.39 is 0 Å². The quantitative estimate of drug-likeness (QED) is 0.386. The summed E-state index contributed by atoms with van der Waals surface area (Å²) in [5.74, 6) is 2.11. The fraction of sp³-hybridized carbons (Fsp3) is 0.464. The minimum absolute atomic E-state index is 0.150. The third-order valence-electron chi connectivity index (χ3n) is 6.28. The molecular weight excluding hydrogens is 446 g/mol. The number of aryl methyl sites for hydroxylation is 1. The van der Waals surface area contributed by atoms with Crippen LogP contribution in [0.5, 0.6) is 28.7 Å². The molecule has 0 saturated heterocycles. The summed E-state index contributed by atoms with van der Waals surface area (Å²) in [4.78, 5) is 15.7. The fourth-order valence-corrected chi connectivity index (χ4v) is 4.30. The monoisotopic (exact) mass is 483 g/mol. The summed E-state index contributed by atoms with van der Waals surface area (Å²) in [5.41, 5.74) is 2.45. The molecule has 190 valence electrons. The zero-order valence-electron chi connectivity index (χ0n) is 21.7. The Morgan fingerprint density at radius 3 is 2.11 bits per heavy atom. The number of carbonyl (C=O) groups is 1. The maximum Gasteiger partial charge on any atom is 0.232 e. The molecule has 7 nitrogen and oxygen atoms in total. The highest BCUT2D eigenvalue weighted by Crippen LogP contribution is 2.43. The third kappa shape index (κ3) is 5.73. The summed E-state index contributed by atoms with van der Waals surface area (Å²) in [5, 5.41) is 10.8. The molecule has 2 aromatic carbocycles. The third-order valence-corrected chi connectivity index (χ3v) is 6.28. The first kappa shape index (κ1) is 26.4. The number of ether oxygens (including phenoxy) is 4. The molecule has 0 bridgehead atoms. The van der Waals surface area contributed by atoms with E-state index in [1.165, 1.54) is 0 Å². The number of nitrogens with zero attached hydrogens (tertiary/aromatic N) is 1. The molecule has 0 atom stereocenters. The first-order valence-corrected chi connectivity index (χ1v) is 12.2. The standard InChI is InChI=1S/C28H37NO6/c1-7-9-11-29(12-10-8-2)17-20-21(30)13-18(3)26-27(31)25(35-28(20)26)15-19-14-23(33-5)24(34-6)16-22(19)32-4/h13-16,30H,7-12,17H2,1-6H3/b25-15+. The highest BCUT2D eigenvalue weighted by atomic mass is 16.5. The zero-order chi connectivity index (χ0) is 25.5. The number of carbonyl (C=O) groups excluding carboxylic acids is 1. The van der Waals surface area contributed by atoms with Gasteiger partial charge in [-0.3, -0.25) is 9.69 Å². The molecule has 2 aromatic rings. The van der Waals surface area contributed by atoms with Crippen LogP contribution in [0.3, 0.4) is 0 Å². The number of ketones is 1. The second kappa shape index (κ2) is 12.0. The molecule has 0 radical (unpaired) electrons. The summed E-state index contributed by atoms with van der Waals surface area (Å²) < 4.78 is 22.4. The highest BCUT2D eigenvalue weighted by molar-refractivity contribution is 6.16. The molecule has 0 fully saturated rings. The Hall–Kier alpha value is -3.19. The summed E-state index contributed by atoms with van der Waals surface area (Å²) in [7, 11) is 4.66. The van der Waals surface area contributed by atoms with Crippen LogP contribution in [0.4, 0.5) is 0 Å². The number of hydrogen-bond donors (Lipinski definition) is 1. The van der Waals surface area contributed by atoms with Crippen LogP contribution >= 0.6 is 0 Å². The van der Waals surface area contributed by atoms with E-state index in [1.54, 1.807) is 45.6 Å². The van der Waals surface area contributed by atoms with E-state index in [0.29, 0.717) is 51.8 Å². The number of benzene rings is 2. The molecule has 1 aliphatic heterocycles. The van der Waals surface area contributed by atoms with Crippen molar-refractivity contribution >= 4 is 11.9 Å². The van der Waals surface area contributed by atoms with Crippen molar-refractivity contribution in [2.24, 2.45) is 0 Å². The predicted octanol–water partition coefficient (Wildman–Crippen LogP) is 5.74. The van der Waals surface area contributed by atoms with Crippen LogP contribution < -0.4 is 18.9 Å². The number of allylic oxidation sites excluding steroid dienone is 1.